The van der Waals surface area contributed by atoms with Crippen molar-refractivity contribution in [2.45, 2.75) is 34.6 Å². The summed E-state index contributed by atoms with van der Waals surface area (Å²) < 4.78 is 0. The Morgan fingerprint density at radius 1 is 1.29 bits per heavy atom. The monoisotopic (exact) mass is 203 g/mol. The van der Waals surface area contributed by atoms with Crippen LogP contribution in [0.2, 0.25) is 0 Å². The maximum atomic E-state index is 11.6. The molecule has 4 heteroatoms. The smallest absolute Gasteiger partial charge is 0.330 e. The normalized spacial score (nSPS) is 12.7. The second-order valence-electron chi connectivity index (χ2n) is 4.88. The van der Waals surface area contributed by atoms with Gasteiger partial charge in [0.1, 0.15) is 0 Å². The zero-order chi connectivity index (χ0) is 11.4. The van der Waals surface area contributed by atoms with E-state index in [0.29, 0.717) is 0 Å². The van der Waals surface area contributed by atoms with Crippen LogP contribution in [0.15, 0.2) is 0 Å². The largest absolute Gasteiger partial charge is 0.395 e. The summed E-state index contributed by atoms with van der Waals surface area (Å²) in [6.45, 7) is 9.85. The number of hydroxylamine groups is 1. The number of hydrogen-bond acceptors (Lipinski definition) is 4. The molecule has 2 N–H and O–H groups in total. The van der Waals surface area contributed by atoms with E-state index in [-0.39, 0.29) is 24.5 Å². The Kier molecular flexibility index (Phi) is 4.55. The van der Waals surface area contributed by atoms with Crippen molar-refractivity contribution < 1.29 is 14.7 Å². The summed E-state index contributed by atoms with van der Waals surface area (Å²) in [6, 6.07) is 0. The minimum absolute atomic E-state index is 0.0524. The maximum absolute atomic E-state index is 11.6. The van der Waals surface area contributed by atoms with Crippen LogP contribution in [0, 0.1) is 10.8 Å². The number of carbonyl (C=O) groups excluding carboxylic acids is 1. The van der Waals surface area contributed by atoms with Crippen molar-refractivity contribution in [3.05, 3.63) is 0 Å². The van der Waals surface area contributed by atoms with E-state index in [4.69, 9.17) is 9.94 Å². The molecule has 0 amide bonds. The van der Waals surface area contributed by atoms with Crippen LogP contribution in [-0.2, 0) is 9.63 Å². The SMILES string of the molecule is CC(C)(C)C(C)(C)C(=O)ONCCO. The van der Waals surface area contributed by atoms with Crippen molar-refractivity contribution in [2.24, 2.45) is 10.8 Å². The molecule has 0 aliphatic heterocycles. The molecule has 4 nitrogen and oxygen atoms in total. The molecule has 14 heavy (non-hydrogen) atoms. The second kappa shape index (κ2) is 4.75. The lowest BCUT2D eigenvalue weighted by molar-refractivity contribution is -0.168. The Morgan fingerprint density at radius 2 is 1.79 bits per heavy atom. The molecular weight excluding hydrogens is 182 g/mol. The highest BCUT2D eigenvalue weighted by molar-refractivity contribution is 5.76. The van der Waals surface area contributed by atoms with Crippen LogP contribution in [-0.4, -0.2) is 24.2 Å². The predicted octanol–water partition coefficient (Wildman–Crippen LogP) is 1.10. The Balaban J connectivity index is 4.23. The molecule has 0 aromatic heterocycles. The van der Waals surface area contributed by atoms with Crippen molar-refractivity contribution in [3.63, 3.8) is 0 Å². The first-order valence-electron chi connectivity index (χ1n) is 4.78. The summed E-state index contributed by atoms with van der Waals surface area (Å²) >= 11 is 0. The van der Waals surface area contributed by atoms with Crippen LogP contribution < -0.4 is 5.48 Å². The first-order valence-corrected chi connectivity index (χ1v) is 4.78. The van der Waals surface area contributed by atoms with Gasteiger partial charge in [-0.1, -0.05) is 20.8 Å². The molecule has 0 aliphatic rings. The lowest BCUT2D eigenvalue weighted by Gasteiger charge is -2.35. The fraction of sp³-hybridized carbons (Fsp3) is 0.900. The third-order valence-corrected chi connectivity index (χ3v) is 2.76. The van der Waals surface area contributed by atoms with Gasteiger partial charge < -0.3 is 9.94 Å². The summed E-state index contributed by atoms with van der Waals surface area (Å²) in [5.41, 5.74) is 1.69. The Hall–Kier alpha value is -0.610. The molecule has 0 aromatic rings. The molecule has 0 saturated heterocycles. The summed E-state index contributed by atoms with van der Waals surface area (Å²) in [4.78, 5) is 16.4. The molecule has 0 radical (unpaired) electrons. The van der Waals surface area contributed by atoms with Crippen LogP contribution in [0.25, 0.3) is 0 Å². The van der Waals surface area contributed by atoms with Gasteiger partial charge in [0.05, 0.1) is 18.6 Å². The summed E-state index contributed by atoms with van der Waals surface area (Å²) in [5, 5.41) is 8.49. The number of aliphatic hydroxyl groups excluding tert-OH is 1. The second-order valence-corrected chi connectivity index (χ2v) is 4.88. The molecule has 0 saturated carbocycles. The summed E-state index contributed by atoms with van der Waals surface area (Å²) in [5.74, 6) is -0.307. The van der Waals surface area contributed by atoms with E-state index in [1.807, 2.05) is 34.6 Å². The van der Waals surface area contributed by atoms with Crippen molar-refractivity contribution in [1.29, 1.82) is 0 Å². The summed E-state index contributed by atoms with van der Waals surface area (Å²) in [7, 11) is 0. The van der Waals surface area contributed by atoms with E-state index in [1.165, 1.54) is 0 Å². The molecular formula is C10H21NO3. The lowest BCUT2D eigenvalue weighted by Crippen LogP contribution is -2.41. The van der Waals surface area contributed by atoms with Gasteiger partial charge in [0.25, 0.3) is 0 Å². The van der Waals surface area contributed by atoms with Gasteiger partial charge in [-0.15, -0.1) is 0 Å². The standard InChI is InChI=1S/C10H21NO3/c1-9(2,3)10(4,5)8(13)14-11-6-7-12/h11-12H,6-7H2,1-5H3. The van der Waals surface area contributed by atoms with E-state index in [1.54, 1.807) is 0 Å². The quantitative estimate of drug-likeness (QED) is 0.530. The maximum Gasteiger partial charge on any atom is 0.330 e. The highest BCUT2D eigenvalue weighted by Crippen LogP contribution is 2.38. The van der Waals surface area contributed by atoms with Crippen LogP contribution in [0.1, 0.15) is 34.6 Å². The Bertz CT molecular complexity index is 194. The molecule has 0 aliphatic carbocycles. The highest BCUT2D eigenvalue weighted by atomic mass is 16.7. The van der Waals surface area contributed by atoms with Gasteiger partial charge in [0, 0.05) is 0 Å². The minimum atomic E-state index is -0.560. The van der Waals surface area contributed by atoms with Crippen LogP contribution in [0.5, 0.6) is 0 Å². The van der Waals surface area contributed by atoms with Gasteiger partial charge >= 0.3 is 5.97 Å². The molecule has 0 heterocycles. The first-order chi connectivity index (χ1) is 6.23. The number of hydrogen-bond donors (Lipinski definition) is 2. The molecule has 0 aromatic carbocycles. The fourth-order valence-electron chi connectivity index (χ4n) is 0.596. The van der Waals surface area contributed by atoms with Crippen molar-refractivity contribution in [1.82, 2.24) is 5.48 Å². The third-order valence-electron chi connectivity index (χ3n) is 2.76. The predicted molar refractivity (Wildman–Crippen MR) is 54.4 cm³/mol. The molecule has 84 valence electrons. The number of carbonyl (C=O) groups is 1. The molecule has 0 spiro atoms. The Morgan fingerprint density at radius 3 is 2.14 bits per heavy atom. The van der Waals surface area contributed by atoms with E-state index >= 15 is 0 Å². The highest BCUT2D eigenvalue weighted by Gasteiger charge is 2.41. The molecule has 0 atom stereocenters. The summed E-state index contributed by atoms with van der Waals surface area (Å²) in [6.07, 6.45) is 0. The van der Waals surface area contributed by atoms with Crippen molar-refractivity contribution in [3.8, 4) is 0 Å². The molecule has 0 unspecified atom stereocenters. The van der Waals surface area contributed by atoms with E-state index in [2.05, 4.69) is 5.48 Å². The van der Waals surface area contributed by atoms with Crippen LogP contribution in [0.3, 0.4) is 0 Å². The number of aliphatic hydroxyl groups is 1. The van der Waals surface area contributed by atoms with Gasteiger partial charge in [0.2, 0.25) is 0 Å². The van der Waals surface area contributed by atoms with Gasteiger partial charge in [-0.3, -0.25) is 0 Å². The third kappa shape index (κ3) is 3.27. The van der Waals surface area contributed by atoms with Gasteiger partial charge in [-0.05, 0) is 19.3 Å². The van der Waals surface area contributed by atoms with Crippen LogP contribution >= 0.6 is 0 Å². The van der Waals surface area contributed by atoms with Gasteiger partial charge in [-0.2, -0.15) is 5.48 Å². The first kappa shape index (κ1) is 13.4. The molecule has 0 bridgehead atoms. The van der Waals surface area contributed by atoms with Gasteiger partial charge in [-0.25, -0.2) is 4.79 Å². The number of rotatable bonds is 4. The zero-order valence-electron chi connectivity index (χ0n) is 9.68. The van der Waals surface area contributed by atoms with Gasteiger partial charge in [0.15, 0.2) is 0 Å². The topological polar surface area (TPSA) is 58.6 Å². The lowest BCUT2D eigenvalue weighted by atomic mass is 9.69. The fourth-order valence-corrected chi connectivity index (χ4v) is 0.596. The van der Waals surface area contributed by atoms with E-state index < -0.39 is 5.41 Å². The van der Waals surface area contributed by atoms with Crippen LogP contribution in [0.4, 0.5) is 0 Å². The van der Waals surface area contributed by atoms with Crippen molar-refractivity contribution >= 4 is 5.97 Å². The molecule has 0 rings (SSSR count). The van der Waals surface area contributed by atoms with E-state index in [0.717, 1.165) is 0 Å². The van der Waals surface area contributed by atoms with Crippen molar-refractivity contribution in [2.75, 3.05) is 13.2 Å². The molecule has 0 fully saturated rings. The Labute approximate surface area is 85.6 Å². The zero-order valence-corrected chi connectivity index (χ0v) is 9.68. The average molecular weight is 203 g/mol. The average Bonchev–Trinajstić information content (AvgIpc) is 2.02. The number of nitrogens with one attached hydrogen (secondary N) is 1. The minimum Gasteiger partial charge on any atom is -0.395 e. The van der Waals surface area contributed by atoms with E-state index in [9.17, 15) is 4.79 Å².